The number of phenolic OH excluding ortho intramolecular Hbond substituents is 1. The van der Waals surface area contributed by atoms with Gasteiger partial charge >= 0.3 is 5.97 Å². The number of aromatic hydroxyl groups is 1. The average Bonchev–Trinajstić information content (AvgIpc) is 2.28. The number of hydrogen-bond acceptors (Lipinski definition) is 6. The van der Waals surface area contributed by atoms with Gasteiger partial charge in [-0.3, -0.25) is 10.1 Å². The second kappa shape index (κ2) is 5.85. The normalized spacial score (nSPS) is 11.7. The highest BCUT2D eigenvalue weighted by molar-refractivity contribution is 5.80. The van der Waals surface area contributed by atoms with Crippen LogP contribution in [0.15, 0.2) is 18.2 Å². The number of hydrogen-bond donors (Lipinski definition) is 2. The number of anilines is 1. The lowest BCUT2D eigenvalue weighted by molar-refractivity contribution is -0.384. The Morgan fingerprint density at radius 2 is 2.28 bits per heavy atom. The summed E-state index contributed by atoms with van der Waals surface area (Å²) in [6, 6.07) is 2.81. The van der Waals surface area contributed by atoms with Crippen LogP contribution in [-0.4, -0.2) is 28.6 Å². The molecular weight excluding hydrogens is 240 g/mol. The van der Waals surface area contributed by atoms with Gasteiger partial charge < -0.3 is 15.2 Å². The topological polar surface area (TPSA) is 102 Å². The highest BCUT2D eigenvalue weighted by Gasteiger charge is 2.20. The first-order valence-electron chi connectivity index (χ1n) is 5.36. The Balaban J connectivity index is 2.92. The average molecular weight is 254 g/mol. The molecular formula is C11H14N2O5. The molecule has 7 heteroatoms. The van der Waals surface area contributed by atoms with E-state index in [0.29, 0.717) is 0 Å². The maximum Gasteiger partial charge on any atom is 0.328 e. The van der Waals surface area contributed by atoms with E-state index in [2.05, 4.69) is 5.32 Å². The van der Waals surface area contributed by atoms with Gasteiger partial charge in [-0.25, -0.2) is 4.79 Å². The summed E-state index contributed by atoms with van der Waals surface area (Å²) in [5.74, 6) is -0.644. The number of nitro benzene ring substituents is 1. The van der Waals surface area contributed by atoms with Crippen LogP contribution in [0.2, 0.25) is 0 Å². The zero-order valence-corrected chi connectivity index (χ0v) is 10.0. The quantitative estimate of drug-likeness (QED) is 0.470. The Morgan fingerprint density at radius 3 is 2.83 bits per heavy atom. The lowest BCUT2D eigenvalue weighted by Gasteiger charge is -2.14. The molecule has 0 amide bonds. The predicted octanol–water partition coefficient (Wildman–Crippen LogP) is 1.66. The van der Waals surface area contributed by atoms with E-state index in [-0.39, 0.29) is 23.7 Å². The molecule has 0 radical (unpaired) electrons. The third-order valence-electron chi connectivity index (χ3n) is 2.19. The molecule has 2 N–H and O–H groups in total. The highest BCUT2D eigenvalue weighted by atomic mass is 16.6. The second-order valence-corrected chi connectivity index (χ2v) is 3.58. The summed E-state index contributed by atoms with van der Waals surface area (Å²) in [5, 5.41) is 22.7. The van der Waals surface area contributed by atoms with E-state index in [1.807, 2.05) is 0 Å². The first kappa shape index (κ1) is 13.8. The molecule has 98 valence electrons. The van der Waals surface area contributed by atoms with Crippen molar-refractivity contribution in [2.75, 3.05) is 11.9 Å². The van der Waals surface area contributed by atoms with E-state index in [9.17, 15) is 20.0 Å². The summed E-state index contributed by atoms with van der Waals surface area (Å²) in [7, 11) is 0. The first-order valence-corrected chi connectivity index (χ1v) is 5.36. The summed E-state index contributed by atoms with van der Waals surface area (Å²) < 4.78 is 4.77. The Kier molecular flexibility index (Phi) is 4.47. The number of benzene rings is 1. The maximum atomic E-state index is 11.4. The van der Waals surface area contributed by atoms with Gasteiger partial charge in [0.25, 0.3) is 5.69 Å². The summed E-state index contributed by atoms with van der Waals surface area (Å²) in [4.78, 5) is 21.6. The van der Waals surface area contributed by atoms with Crippen molar-refractivity contribution in [1.29, 1.82) is 0 Å². The molecule has 0 aliphatic heterocycles. The summed E-state index contributed by atoms with van der Waals surface area (Å²) in [6.45, 7) is 3.42. The zero-order chi connectivity index (χ0) is 13.7. The van der Waals surface area contributed by atoms with Crippen molar-refractivity contribution in [3.8, 4) is 5.75 Å². The summed E-state index contributed by atoms with van der Waals surface area (Å²) >= 11 is 0. The summed E-state index contributed by atoms with van der Waals surface area (Å²) in [5.41, 5.74) is -0.149. The van der Waals surface area contributed by atoms with Gasteiger partial charge in [-0.05, 0) is 19.9 Å². The van der Waals surface area contributed by atoms with E-state index in [4.69, 9.17) is 4.74 Å². The molecule has 0 aliphatic carbocycles. The number of nitro groups is 1. The molecule has 0 heterocycles. The number of phenols is 1. The van der Waals surface area contributed by atoms with E-state index in [0.717, 1.165) is 6.07 Å². The highest BCUT2D eigenvalue weighted by Crippen LogP contribution is 2.28. The predicted molar refractivity (Wildman–Crippen MR) is 64.5 cm³/mol. The molecule has 0 saturated carbocycles. The number of nitrogens with one attached hydrogen (secondary N) is 1. The molecule has 0 aromatic heterocycles. The van der Waals surface area contributed by atoms with Crippen LogP contribution in [0.3, 0.4) is 0 Å². The molecule has 0 saturated heterocycles. The molecule has 1 unspecified atom stereocenters. The van der Waals surface area contributed by atoms with E-state index >= 15 is 0 Å². The fourth-order valence-corrected chi connectivity index (χ4v) is 1.36. The molecule has 18 heavy (non-hydrogen) atoms. The number of esters is 1. The minimum Gasteiger partial charge on any atom is -0.508 e. The van der Waals surface area contributed by atoms with Crippen molar-refractivity contribution in [2.24, 2.45) is 0 Å². The SMILES string of the molecule is CCOC(=O)C(C)Nc1cc(O)ccc1[N+](=O)[O-]. The lowest BCUT2D eigenvalue weighted by atomic mass is 10.2. The molecule has 1 aromatic rings. The zero-order valence-electron chi connectivity index (χ0n) is 10.0. The van der Waals surface area contributed by atoms with Gasteiger partial charge in [0.15, 0.2) is 0 Å². The summed E-state index contributed by atoms with van der Waals surface area (Å²) in [6.07, 6.45) is 0. The minimum absolute atomic E-state index is 0.0700. The first-order chi connectivity index (χ1) is 8.45. The molecule has 0 bridgehead atoms. The molecule has 1 atom stereocenters. The Bertz CT molecular complexity index is 461. The van der Waals surface area contributed by atoms with Gasteiger partial charge in [-0.2, -0.15) is 0 Å². The number of carbonyl (C=O) groups excluding carboxylic acids is 1. The molecule has 0 aliphatic rings. The molecule has 7 nitrogen and oxygen atoms in total. The largest absolute Gasteiger partial charge is 0.508 e. The number of carbonyl (C=O) groups is 1. The monoisotopic (exact) mass is 254 g/mol. The fraction of sp³-hybridized carbons (Fsp3) is 0.364. The third-order valence-corrected chi connectivity index (χ3v) is 2.19. The van der Waals surface area contributed by atoms with Crippen LogP contribution in [0.4, 0.5) is 11.4 Å². The van der Waals surface area contributed by atoms with Gasteiger partial charge in [0.05, 0.1) is 11.5 Å². The van der Waals surface area contributed by atoms with Crippen LogP contribution in [0.1, 0.15) is 13.8 Å². The van der Waals surface area contributed by atoms with E-state index in [1.165, 1.54) is 19.1 Å². The number of rotatable bonds is 5. The van der Waals surface area contributed by atoms with E-state index in [1.54, 1.807) is 6.92 Å². The van der Waals surface area contributed by atoms with Crippen molar-refractivity contribution in [3.05, 3.63) is 28.3 Å². The fourth-order valence-electron chi connectivity index (χ4n) is 1.36. The van der Waals surface area contributed by atoms with Gasteiger partial charge in [0.1, 0.15) is 17.5 Å². The number of ether oxygens (including phenoxy) is 1. The Hall–Kier alpha value is -2.31. The van der Waals surface area contributed by atoms with Crippen LogP contribution >= 0.6 is 0 Å². The lowest BCUT2D eigenvalue weighted by Crippen LogP contribution is -2.28. The van der Waals surface area contributed by atoms with E-state index < -0.39 is 16.9 Å². The van der Waals surface area contributed by atoms with Gasteiger partial charge in [-0.1, -0.05) is 0 Å². The smallest absolute Gasteiger partial charge is 0.328 e. The standard InChI is InChI=1S/C11H14N2O5/c1-3-18-11(15)7(2)12-9-6-8(14)4-5-10(9)13(16)17/h4-7,12,14H,3H2,1-2H3. The Morgan fingerprint density at radius 1 is 1.61 bits per heavy atom. The molecule has 1 rings (SSSR count). The number of nitrogens with zero attached hydrogens (tertiary/aromatic N) is 1. The van der Waals surface area contributed by atoms with Crippen molar-refractivity contribution in [3.63, 3.8) is 0 Å². The van der Waals surface area contributed by atoms with Crippen LogP contribution in [0.25, 0.3) is 0 Å². The van der Waals surface area contributed by atoms with Crippen molar-refractivity contribution in [2.45, 2.75) is 19.9 Å². The minimum atomic E-state index is -0.745. The van der Waals surface area contributed by atoms with Crippen molar-refractivity contribution in [1.82, 2.24) is 0 Å². The van der Waals surface area contributed by atoms with Gasteiger partial charge in [0.2, 0.25) is 0 Å². The third kappa shape index (κ3) is 3.34. The maximum absolute atomic E-state index is 11.4. The van der Waals surface area contributed by atoms with Gasteiger partial charge in [-0.15, -0.1) is 0 Å². The Labute approximate surface area is 104 Å². The van der Waals surface area contributed by atoms with Crippen LogP contribution in [0.5, 0.6) is 5.75 Å². The van der Waals surface area contributed by atoms with Crippen LogP contribution in [-0.2, 0) is 9.53 Å². The van der Waals surface area contributed by atoms with Crippen LogP contribution in [0, 0.1) is 10.1 Å². The van der Waals surface area contributed by atoms with Crippen LogP contribution < -0.4 is 5.32 Å². The second-order valence-electron chi connectivity index (χ2n) is 3.58. The molecule has 1 aromatic carbocycles. The molecule has 0 fully saturated rings. The van der Waals surface area contributed by atoms with Gasteiger partial charge in [0, 0.05) is 12.1 Å². The molecule has 0 spiro atoms. The van der Waals surface area contributed by atoms with Crippen molar-refractivity contribution >= 4 is 17.3 Å². The van der Waals surface area contributed by atoms with Crippen molar-refractivity contribution < 1.29 is 19.6 Å².